The molecule has 1 rings (SSSR count). The van der Waals surface area contributed by atoms with Gasteiger partial charge in [0, 0.05) is 18.7 Å². The average Bonchev–Trinajstić information content (AvgIpc) is 2.57. The Morgan fingerprint density at radius 2 is 2.18 bits per heavy atom. The van der Waals surface area contributed by atoms with Crippen LogP contribution in [0.4, 0.5) is 0 Å². The normalized spacial score (nSPS) is 14.3. The summed E-state index contributed by atoms with van der Waals surface area (Å²) in [6, 6.07) is 1.77. The third kappa shape index (κ3) is 2.46. The van der Waals surface area contributed by atoms with Crippen LogP contribution in [-0.4, -0.2) is 26.8 Å². The first-order valence-corrected chi connectivity index (χ1v) is 5.38. The van der Waals surface area contributed by atoms with Crippen molar-refractivity contribution in [2.75, 3.05) is 0 Å². The largest absolute Gasteiger partial charge is 0.480 e. The number of carbonyl (C=O) groups excluding carboxylic acids is 1. The molecule has 17 heavy (non-hydrogen) atoms. The molecule has 0 fully saturated rings. The van der Waals surface area contributed by atoms with E-state index in [1.54, 1.807) is 10.7 Å². The molecule has 0 spiro atoms. The topological polar surface area (TPSA) is 98.2 Å². The van der Waals surface area contributed by atoms with Gasteiger partial charge in [0.1, 0.15) is 5.41 Å². The molecule has 0 bridgehead atoms. The number of carboxylic acid groups (broad SMARTS) is 1. The predicted octanol–water partition coefficient (Wildman–Crippen LogP) is 0.330. The van der Waals surface area contributed by atoms with Crippen molar-refractivity contribution < 1.29 is 14.7 Å². The molecule has 1 aromatic heterocycles. The van der Waals surface area contributed by atoms with Crippen molar-refractivity contribution in [3.63, 3.8) is 0 Å². The summed E-state index contributed by atoms with van der Waals surface area (Å²) < 4.78 is 1.68. The van der Waals surface area contributed by atoms with Crippen molar-refractivity contribution in [1.82, 2.24) is 9.78 Å². The summed E-state index contributed by atoms with van der Waals surface area (Å²) >= 11 is 0. The van der Waals surface area contributed by atoms with Gasteiger partial charge in [-0.25, -0.2) is 0 Å². The van der Waals surface area contributed by atoms with Gasteiger partial charge in [-0.2, -0.15) is 5.10 Å². The minimum Gasteiger partial charge on any atom is -0.480 e. The fourth-order valence-electron chi connectivity index (χ4n) is 1.65. The number of hydrogen-bond donors (Lipinski definition) is 2. The zero-order valence-corrected chi connectivity index (χ0v) is 10.2. The number of aromatic nitrogens is 2. The molecule has 3 N–H and O–H groups in total. The van der Waals surface area contributed by atoms with Crippen molar-refractivity contribution >= 4 is 11.9 Å². The predicted molar refractivity (Wildman–Crippen MR) is 61.3 cm³/mol. The molecule has 6 heteroatoms. The number of primary amides is 1. The minimum absolute atomic E-state index is 0.0480. The lowest BCUT2D eigenvalue weighted by molar-refractivity contribution is -0.153. The zero-order valence-electron chi connectivity index (χ0n) is 10.2. The van der Waals surface area contributed by atoms with E-state index in [0.29, 0.717) is 12.2 Å². The Morgan fingerprint density at radius 3 is 2.59 bits per heavy atom. The van der Waals surface area contributed by atoms with Gasteiger partial charge in [-0.3, -0.25) is 14.3 Å². The van der Waals surface area contributed by atoms with Crippen molar-refractivity contribution in [1.29, 1.82) is 0 Å². The molecule has 1 aromatic rings. The van der Waals surface area contributed by atoms with Gasteiger partial charge in [0.25, 0.3) is 0 Å². The maximum absolute atomic E-state index is 11.3. The van der Waals surface area contributed by atoms with E-state index >= 15 is 0 Å². The highest BCUT2D eigenvalue weighted by Crippen LogP contribution is 2.23. The molecule has 0 saturated carbocycles. The lowest BCUT2D eigenvalue weighted by Gasteiger charge is -2.20. The smallest absolute Gasteiger partial charge is 0.319 e. The number of carbonyl (C=O) groups is 2. The molecular formula is C11H17N3O3. The lowest BCUT2D eigenvalue weighted by atomic mass is 9.84. The Kier molecular flexibility index (Phi) is 3.55. The van der Waals surface area contributed by atoms with E-state index < -0.39 is 17.3 Å². The highest BCUT2D eigenvalue weighted by atomic mass is 16.4. The first kappa shape index (κ1) is 13.2. The summed E-state index contributed by atoms with van der Waals surface area (Å²) in [6.07, 6.45) is 0.0480. The molecule has 0 saturated heterocycles. The number of aryl methyl sites for hydroxylation is 2. The molecule has 94 valence electrons. The molecule has 1 atom stereocenters. The van der Waals surface area contributed by atoms with Crippen molar-refractivity contribution in [3.8, 4) is 0 Å². The monoisotopic (exact) mass is 239 g/mol. The molecule has 1 amide bonds. The highest BCUT2D eigenvalue weighted by Gasteiger charge is 2.40. The maximum Gasteiger partial charge on any atom is 0.319 e. The van der Waals surface area contributed by atoms with Crippen LogP contribution in [0.25, 0.3) is 0 Å². The van der Waals surface area contributed by atoms with Gasteiger partial charge in [0.2, 0.25) is 5.91 Å². The van der Waals surface area contributed by atoms with E-state index in [-0.39, 0.29) is 6.42 Å². The first-order valence-electron chi connectivity index (χ1n) is 5.38. The van der Waals surface area contributed by atoms with E-state index in [2.05, 4.69) is 5.10 Å². The molecule has 1 unspecified atom stereocenters. The van der Waals surface area contributed by atoms with E-state index in [1.165, 1.54) is 6.92 Å². The van der Waals surface area contributed by atoms with Crippen LogP contribution in [-0.2, 0) is 22.6 Å². The van der Waals surface area contributed by atoms with Gasteiger partial charge in [-0.1, -0.05) is 0 Å². The van der Waals surface area contributed by atoms with Crippen LogP contribution in [0, 0.1) is 12.3 Å². The molecule has 1 heterocycles. The first-order chi connectivity index (χ1) is 7.81. The summed E-state index contributed by atoms with van der Waals surface area (Å²) in [5, 5.41) is 13.3. The maximum atomic E-state index is 11.3. The van der Waals surface area contributed by atoms with Crippen LogP contribution in [0.3, 0.4) is 0 Å². The molecule has 0 aromatic carbocycles. The molecule has 0 radical (unpaired) electrons. The fourth-order valence-corrected chi connectivity index (χ4v) is 1.65. The van der Waals surface area contributed by atoms with Gasteiger partial charge in [-0.15, -0.1) is 0 Å². The highest BCUT2D eigenvalue weighted by molar-refractivity contribution is 6.00. The summed E-state index contributed by atoms with van der Waals surface area (Å²) in [7, 11) is 0. The molecule has 6 nitrogen and oxygen atoms in total. The van der Waals surface area contributed by atoms with Gasteiger partial charge in [0.05, 0.1) is 5.69 Å². The van der Waals surface area contributed by atoms with Crippen LogP contribution in [0.2, 0.25) is 0 Å². The molecule has 0 aliphatic carbocycles. The van der Waals surface area contributed by atoms with E-state index in [0.717, 1.165) is 5.69 Å². The summed E-state index contributed by atoms with van der Waals surface area (Å²) in [5.74, 6) is -2.06. The van der Waals surface area contributed by atoms with Crippen molar-refractivity contribution in [3.05, 3.63) is 17.5 Å². The van der Waals surface area contributed by atoms with Crippen LogP contribution in [0.5, 0.6) is 0 Å². The standard InChI is InChI=1S/C11H17N3O3/c1-4-14-8(5-7(2)13-14)6-11(3,9(12)15)10(16)17/h5H,4,6H2,1-3H3,(H2,12,15)(H,16,17). The third-order valence-corrected chi connectivity index (χ3v) is 2.84. The fraction of sp³-hybridized carbons (Fsp3) is 0.545. The summed E-state index contributed by atoms with van der Waals surface area (Å²) in [4.78, 5) is 22.4. The number of rotatable bonds is 5. The summed E-state index contributed by atoms with van der Waals surface area (Å²) in [6.45, 7) is 5.67. The van der Waals surface area contributed by atoms with Gasteiger partial charge < -0.3 is 10.8 Å². The number of nitrogens with two attached hydrogens (primary N) is 1. The van der Waals surface area contributed by atoms with Gasteiger partial charge >= 0.3 is 5.97 Å². The van der Waals surface area contributed by atoms with Gasteiger partial charge in [-0.05, 0) is 26.8 Å². The Labute approximate surface area is 99.4 Å². The van der Waals surface area contributed by atoms with Crippen LogP contribution < -0.4 is 5.73 Å². The SMILES string of the molecule is CCn1nc(C)cc1CC(C)(C(N)=O)C(=O)O. The summed E-state index contributed by atoms with van der Waals surface area (Å²) in [5.41, 5.74) is 5.06. The molecule has 0 aliphatic rings. The third-order valence-electron chi connectivity index (χ3n) is 2.84. The quantitative estimate of drug-likeness (QED) is 0.723. The van der Waals surface area contributed by atoms with Crippen LogP contribution in [0.1, 0.15) is 25.2 Å². The van der Waals surface area contributed by atoms with E-state index in [1.807, 2.05) is 13.8 Å². The number of hydrogen-bond acceptors (Lipinski definition) is 3. The minimum atomic E-state index is -1.60. The number of amides is 1. The van der Waals surface area contributed by atoms with E-state index in [4.69, 9.17) is 10.8 Å². The van der Waals surface area contributed by atoms with Gasteiger partial charge in [0.15, 0.2) is 0 Å². The van der Waals surface area contributed by atoms with E-state index in [9.17, 15) is 9.59 Å². The Balaban J connectivity index is 3.10. The number of nitrogens with zero attached hydrogens (tertiary/aromatic N) is 2. The Hall–Kier alpha value is -1.85. The average molecular weight is 239 g/mol. The second-order valence-electron chi connectivity index (χ2n) is 4.27. The molecular weight excluding hydrogens is 222 g/mol. The van der Waals surface area contributed by atoms with Crippen molar-refractivity contribution in [2.24, 2.45) is 11.1 Å². The second-order valence-corrected chi connectivity index (χ2v) is 4.27. The van der Waals surface area contributed by atoms with Crippen LogP contribution in [0.15, 0.2) is 6.07 Å². The van der Waals surface area contributed by atoms with Crippen LogP contribution >= 0.6 is 0 Å². The lowest BCUT2D eigenvalue weighted by Crippen LogP contribution is -2.43. The number of carboxylic acids is 1. The zero-order chi connectivity index (χ0) is 13.2. The van der Waals surface area contributed by atoms with Crippen molar-refractivity contribution in [2.45, 2.75) is 33.7 Å². The Bertz CT molecular complexity index is 437. The Morgan fingerprint density at radius 1 is 1.59 bits per heavy atom. The second kappa shape index (κ2) is 4.57. The molecule has 0 aliphatic heterocycles. The number of aliphatic carboxylic acids is 1.